The van der Waals surface area contributed by atoms with Crippen LogP contribution in [-0.4, -0.2) is 27.9 Å². The summed E-state index contributed by atoms with van der Waals surface area (Å²) >= 11 is 5.69. The van der Waals surface area contributed by atoms with Gasteiger partial charge in [0.25, 0.3) is 0 Å². The van der Waals surface area contributed by atoms with Crippen LogP contribution in [0.1, 0.15) is 5.56 Å². The maximum absolute atomic E-state index is 11.0. The minimum absolute atomic E-state index is 0.173. The lowest BCUT2D eigenvalue weighted by molar-refractivity contribution is 0.382. The first-order valence-corrected chi connectivity index (χ1v) is 5.18. The van der Waals surface area contributed by atoms with Crippen molar-refractivity contribution in [2.24, 2.45) is 0 Å². The fourth-order valence-corrected chi connectivity index (χ4v) is 1.62. The highest BCUT2D eigenvalue weighted by molar-refractivity contribution is 6.17. The lowest BCUT2D eigenvalue weighted by atomic mass is 10.2. The molecule has 2 aromatic rings. The highest BCUT2D eigenvalue weighted by atomic mass is 35.5. The molecule has 0 fully saturated rings. The minimum atomic E-state index is -0.173. The van der Waals surface area contributed by atoms with Gasteiger partial charge in [0.15, 0.2) is 0 Å². The Morgan fingerprint density at radius 3 is 2.80 bits per heavy atom. The average molecular weight is 226 g/mol. The maximum atomic E-state index is 11.0. The van der Waals surface area contributed by atoms with Crippen LogP contribution in [0.3, 0.4) is 0 Å². The topological polar surface area (TPSA) is 51.9 Å². The van der Waals surface area contributed by atoms with Gasteiger partial charge < -0.3 is 9.97 Å². The van der Waals surface area contributed by atoms with E-state index in [4.69, 9.17) is 11.6 Å². The van der Waals surface area contributed by atoms with E-state index in [1.807, 2.05) is 30.1 Å². The number of nitrogens with zero attached hydrogens (tertiary/aromatic N) is 1. The fourth-order valence-electron chi connectivity index (χ4n) is 1.53. The number of hydrogen-bond donors (Lipinski definition) is 2. The van der Waals surface area contributed by atoms with Gasteiger partial charge in [-0.2, -0.15) is 0 Å². The van der Waals surface area contributed by atoms with Crippen LogP contribution in [0, 0.1) is 0 Å². The van der Waals surface area contributed by atoms with Gasteiger partial charge in [0.1, 0.15) is 0 Å². The fraction of sp³-hybridized carbons (Fsp3) is 0.300. The molecule has 1 heterocycles. The van der Waals surface area contributed by atoms with E-state index in [1.165, 1.54) is 0 Å². The summed E-state index contributed by atoms with van der Waals surface area (Å²) in [5.41, 5.74) is 2.62. The standard InChI is InChI=1S/C10H12ClN3O/c1-14(6-11)5-7-2-3-8-9(4-7)13-10(15)12-8/h2-4H,5-6H2,1H3,(H2,12,13,15). The molecule has 0 aliphatic rings. The van der Waals surface area contributed by atoms with Crippen LogP contribution in [-0.2, 0) is 6.54 Å². The van der Waals surface area contributed by atoms with E-state index in [-0.39, 0.29) is 5.69 Å². The van der Waals surface area contributed by atoms with Crippen molar-refractivity contribution in [3.8, 4) is 0 Å². The number of fused-ring (bicyclic) bond motifs is 1. The molecule has 0 saturated carbocycles. The largest absolute Gasteiger partial charge is 0.323 e. The van der Waals surface area contributed by atoms with Gasteiger partial charge in [0, 0.05) is 6.54 Å². The van der Waals surface area contributed by atoms with Crippen LogP contribution in [0.4, 0.5) is 0 Å². The predicted octanol–water partition coefficient (Wildman–Crippen LogP) is 1.48. The van der Waals surface area contributed by atoms with Crippen molar-refractivity contribution in [3.63, 3.8) is 0 Å². The predicted molar refractivity (Wildman–Crippen MR) is 61.1 cm³/mol. The molecule has 1 aromatic heterocycles. The highest BCUT2D eigenvalue weighted by Gasteiger charge is 2.02. The van der Waals surface area contributed by atoms with E-state index >= 15 is 0 Å². The maximum Gasteiger partial charge on any atom is 0.323 e. The second-order valence-corrected chi connectivity index (χ2v) is 3.83. The van der Waals surface area contributed by atoms with Crippen LogP contribution in [0.5, 0.6) is 0 Å². The normalized spacial score (nSPS) is 11.4. The van der Waals surface area contributed by atoms with Gasteiger partial charge in [0.2, 0.25) is 0 Å². The van der Waals surface area contributed by atoms with Crippen molar-refractivity contribution in [1.29, 1.82) is 0 Å². The molecular weight excluding hydrogens is 214 g/mol. The zero-order chi connectivity index (χ0) is 10.8. The molecule has 80 valence electrons. The number of aromatic amines is 2. The molecule has 0 amide bonds. The number of aromatic nitrogens is 2. The van der Waals surface area contributed by atoms with Crippen molar-refractivity contribution in [2.75, 3.05) is 13.1 Å². The first-order valence-electron chi connectivity index (χ1n) is 4.64. The highest BCUT2D eigenvalue weighted by Crippen LogP contribution is 2.11. The van der Waals surface area contributed by atoms with E-state index in [0.717, 1.165) is 23.1 Å². The third-order valence-electron chi connectivity index (χ3n) is 2.24. The Hall–Kier alpha value is -1.26. The van der Waals surface area contributed by atoms with Crippen LogP contribution in [0.15, 0.2) is 23.0 Å². The third kappa shape index (κ3) is 2.22. The molecule has 0 unspecified atom stereocenters. The number of nitrogens with one attached hydrogen (secondary N) is 2. The van der Waals surface area contributed by atoms with Gasteiger partial charge in [-0.05, 0) is 24.7 Å². The molecule has 0 atom stereocenters. The van der Waals surface area contributed by atoms with Crippen molar-refractivity contribution in [3.05, 3.63) is 34.2 Å². The molecule has 0 radical (unpaired) electrons. The molecule has 15 heavy (non-hydrogen) atoms. The summed E-state index contributed by atoms with van der Waals surface area (Å²) in [5.74, 6) is 0. The Balaban J connectivity index is 2.34. The summed E-state index contributed by atoms with van der Waals surface area (Å²) in [6.45, 7) is 0.770. The van der Waals surface area contributed by atoms with Crippen molar-refractivity contribution < 1.29 is 0 Å². The summed E-state index contributed by atoms with van der Waals surface area (Å²) in [4.78, 5) is 18.4. The van der Waals surface area contributed by atoms with Gasteiger partial charge in [-0.25, -0.2) is 4.79 Å². The molecule has 5 heteroatoms. The van der Waals surface area contributed by atoms with Gasteiger partial charge in [-0.3, -0.25) is 4.90 Å². The molecule has 2 rings (SSSR count). The summed E-state index contributed by atoms with van der Waals surface area (Å²) in [6.07, 6.45) is 0. The molecular formula is C10H12ClN3O. The Bertz CT molecular complexity index is 517. The molecule has 4 nitrogen and oxygen atoms in total. The van der Waals surface area contributed by atoms with Gasteiger partial charge in [0.05, 0.1) is 17.0 Å². The molecule has 0 spiro atoms. The SMILES string of the molecule is CN(CCl)Cc1ccc2[nH]c(=O)[nH]c2c1. The Labute approximate surface area is 91.9 Å². The molecule has 0 bridgehead atoms. The quantitative estimate of drug-likeness (QED) is 0.614. The van der Waals surface area contributed by atoms with Crippen LogP contribution in [0.2, 0.25) is 0 Å². The van der Waals surface area contributed by atoms with E-state index in [9.17, 15) is 4.79 Å². The monoisotopic (exact) mass is 225 g/mol. The number of imidazole rings is 1. The second kappa shape index (κ2) is 4.08. The number of H-pyrrole nitrogens is 2. The van der Waals surface area contributed by atoms with E-state index in [0.29, 0.717) is 6.00 Å². The Kier molecular flexibility index (Phi) is 2.79. The number of rotatable bonds is 3. The molecule has 2 N–H and O–H groups in total. The first kappa shape index (κ1) is 10.3. The molecule has 0 aliphatic carbocycles. The number of benzene rings is 1. The van der Waals surface area contributed by atoms with Gasteiger partial charge >= 0.3 is 5.69 Å². The van der Waals surface area contributed by atoms with E-state index in [2.05, 4.69) is 9.97 Å². The number of halogens is 1. The third-order valence-corrected chi connectivity index (χ3v) is 2.64. The summed E-state index contributed by atoms with van der Waals surface area (Å²) < 4.78 is 0. The lowest BCUT2D eigenvalue weighted by Gasteiger charge is -2.12. The smallest absolute Gasteiger partial charge is 0.306 e. The average Bonchev–Trinajstić information content (AvgIpc) is 2.57. The Morgan fingerprint density at radius 1 is 1.33 bits per heavy atom. The zero-order valence-electron chi connectivity index (χ0n) is 8.38. The second-order valence-electron chi connectivity index (χ2n) is 3.59. The summed E-state index contributed by atoms with van der Waals surface area (Å²) in [5, 5.41) is 0. The number of hydrogen-bond acceptors (Lipinski definition) is 2. The van der Waals surface area contributed by atoms with Gasteiger partial charge in [-0.1, -0.05) is 6.07 Å². The van der Waals surface area contributed by atoms with Crippen LogP contribution < -0.4 is 5.69 Å². The zero-order valence-corrected chi connectivity index (χ0v) is 9.14. The van der Waals surface area contributed by atoms with Crippen LogP contribution >= 0.6 is 11.6 Å². The van der Waals surface area contributed by atoms with E-state index < -0.39 is 0 Å². The summed E-state index contributed by atoms with van der Waals surface area (Å²) in [7, 11) is 1.94. The van der Waals surface area contributed by atoms with Gasteiger partial charge in [-0.15, -0.1) is 11.6 Å². The summed E-state index contributed by atoms with van der Waals surface area (Å²) in [6, 6.07) is 6.32. The van der Waals surface area contributed by atoms with Crippen molar-refractivity contribution >= 4 is 22.6 Å². The molecule has 0 saturated heterocycles. The Morgan fingerprint density at radius 2 is 2.07 bits per heavy atom. The first-order chi connectivity index (χ1) is 7.19. The van der Waals surface area contributed by atoms with Crippen molar-refractivity contribution in [2.45, 2.75) is 6.54 Å². The molecule has 0 aliphatic heterocycles. The van der Waals surface area contributed by atoms with Crippen LogP contribution in [0.25, 0.3) is 11.0 Å². The lowest BCUT2D eigenvalue weighted by Crippen LogP contribution is -2.15. The van der Waals surface area contributed by atoms with E-state index in [1.54, 1.807) is 0 Å². The minimum Gasteiger partial charge on any atom is -0.306 e. The molecule has 1 aromatic carbocycles. The number of alkyl halides is 1. The van der Waals surface area contributed by atoms with Crippen molar-refractivity contribution in [1.82, 2.24) is 14.9 Å².